The first kappa shape index (κ1) is 14.4. The van der Waals surface area contributed by atoms with Gasteiger partial charge in [0, 0.05) is 18.8 Å². The second kappa shape index (κ2) is 6.28. The van der Waals surface area contributed by atoms with Crippen LogP contribution in [0.5, 0.6) is 5.75 Å². The molecular formula is C14H22N2O2. The summed E-state index contributed by atoms with van der Waals surface area (Å²) >= 11 is 0. The van der Waals surface area contributed by atoms with Gasteiger partial charge in [0.25, 0.3) is 0 Å². The lowest BCUT2D eigenvalue weighted by atomic mass is 10.2. The lowest BCUT2D eigenvalue weighted by Crippen LogP contribution is -2.37. The highest BCUT2D eigenvalue weighted by molar-refractivity contribution is 5.80. The van der Waals surface area contributed by atoms with Crippen molar-refractivity contribution in [3.63, 3.8) is 0 Å². The Labute approximate surface area is 109 Å². The standard InChI is InChI=1S/C14H22N2O2/c1-10(2)16(4)14(17)9-15-12-6-7-13(18-5)11(3)8-12/h6-8,10,15H,9H2,1-5H3. The minimum Gasteiger partial charge on any atom is -0.496 e. The fourth-order valence-corrected chi connectivity index (χ4v) is 1.58. The highest BCUT2D eigenvalue weighted by Crippen LogP contribution is 2.21. The zero-order valence-electron chi connectivity index (χ0n) is 11.8. The maximum Gasteiger partial charge on any atom is 0.241 e. The fourth-order valence-electron chi connectivity index (χ4n) is 1.58. The zero-order valence-corrected chi connectivity index (χ0v) is 11.8. The van der Waals surface area contributed by atoms with Crippen molar-refractivity contribution in [1.29, 1.82) is 0 Å². The number of nitrogens with zero attached hydrogens (tertiary/aromatic N) is 1. The SMILES string of the molecule is COc1ccc(NCC(=O)N(C)C(C)C)cc1C. The van der Waals surface area contributed by atoms with Crippen molar-refractivity contribution in [1.82, 2.24) is 4.90 Å². The van der Waals surface area contributed by atoms with E-state index in [1.54, 1.807) is 12.0 Å². The summed E-state index contributed by atoms with van der Waals surface area (Å²) < 4.78 is 5.19. The van der Waals surface area contributed by atoms with Crippen LogP contribution in [0.15, 0.2) is 18.2 Å². The molecule has 4 nitrogen and oxygen atoms in total. The number of hydrogen-bond donors (Lipinski definition) is 1. The number of ether oxygens (including phenoxy) is 1. The van der Waals surface area contributed by atoms with Crippen molar-refractivity contribution < 1.29 is 9.53 Å². The van der Waals surface area contributed by atoms with Crippen molar-refractivity contribution >= 4 is 11.6 Å². The van der Waals surface area contributed by atoms with E-state index in [1.165, 1.54) is 0 Å². The molecule has 18 heavy (non-hydrogen) atoms. The topological polar surface area (TPSA) is 41.6 Å². The molecule has 1 rings (SSSR count). The van der Waals surface area contributed by atoms with Crippen LogP contribution in [0.1, 0.15) is 19.4 Å². The maximum absolute atomic E-state index is 11.8. The number of carbonyl (C=O) groups excluding carboxylic acids is 1. The van der Waals surface area contributed by atoms with Crippen LogP contribution < -0.4 is 10.1 Å². The Balaban J connectivity index is 2.59. The Kier molecular flexibility index (Phi) is 5.01. The largest absolute Gasteiger partial charge is 0.496 e. The van der Waals surface area contributed by atoms with Crippen LogP contribution in [0.4, 0.5) is 5.69 Å². The third-order valence-corrected chi connectivity index (χ3v) is 3.01. The summed E-state index contributed by atoms with van der Waals surface area (Å²) in [4.78, 5) is 13.5. The van der Waals surface area contributed by atoms with E-state index in [4.69, 9.17) is 4.74 Å². The van der Waals surface area contributed by atoms with Gasteiger partial charge in [0.05, 0.1) is 13.7 Å². The zero-order chi connectivity index (χ0) is 13.7. The summed E-state index contributed by atoms with van der Waals surface area (Å²) in [6, 6.07) is 6.00. The molecule has 0 saturated carbocycles. The molecule has 0 aliphatic heterocycles. The van der Waals surface area contributed by atoms with Gasteiger partial charge in [-0.05, 0) is 44.5 Å². The van der Waals surface area contributed by atoms with Crippen LogP contribution >= 0.6 is 0 Å². The molecule has 1 aromatic carbocycles. The number of nitrogens with one attached hydrogen (secondary N) is 1. The van der Waals surface area contributed by atoms with E-state index in [-0.39, 0.29) is 11.9 Å². The fraction of sp³-hybridized carbons (Fsp3) is 0.500. The molecule has 0 aliphatic rings. The molecule has 0 bridgehead atoms. The van der Waals surface area contributed by atoms with Crippen LogP contribution in [-0.2, 0) is 4.79 Å². The molecule has 0 aliphatic carbocycles. The molecule has 0 radical (unpaired) electrons. The van der Waals surface area contributed by atoms with Gasteiger partial charge < -0.3 is 15.0 Å². The minimum absolute atomic E-state index is 0.0819. The number of anilines is 1. The monoisotopic (exact) mass is 250 g/mol. The molecule has 1 aromatic rings. The first-order valence-corrected chi connectivity index (χ1v) is 6.10. The molecular weight excluding hydrogens is 228 g/mol. The predicted molar refractivity (Wildman–Crippen MR) is 74.1 cm³/mol. The van der Waals surface area contributed by atoms with Gasteiger partial charge in [-0.25, -0.2) is 0 Å². The van der Waals surface area contributed by atoms with Crippen molar-refractivity contribution in [3.8, 4) is 5.75 Å². The first-order valence-electron chi connectivity index (χ1n) is 6.10. The summed E-state index contributed by atoms with van der Waals surface area (Å²) in [6.45, 7) is 6.28. The lowest BCUT2D eigenvalue weighted by molar-refractivity contribution is -0.129. The summed E-state index contributed by atoms with van der Waals surface area (Å²) in [6.07, 6.45) is 0. The molecule has 0 aromatic heterocycles. The maximum atomic E-state index is 11.8. The van der Waals surface area contributed by atoms with E-state index in [9.17, 15) is 4.79 Å². The van der Waals surface area contributed by atoms with Crippen molar-refractivity contribution in [3.05, 3.63) is 23.8 Å². The Hall–Kier alpha value is -1.71. The second-order valence-electron chi connectivity index (χ2n) is 4.64. The second-order valence-corrected chi connectivity index (χ2v) is 4.64. The minimum atomic E-state index is 0.0819. The van der Waals surface area contributed by atoms with Crippen molar-refractivity contribution in [2.45, 2.75) is 26.8 Å². The van der Waals surface area contributed by atoms with Gasteiger partial charge in [-0.3, -0.25) is 4.79 Å². The van der Waals surface area contributed by atoms with E-state index in [2.05, 4.69) is 5.32 Å². The number of amides is 1. The molecule has 1 N–H and O–H groups in total. The summed E-state index contributed by atoms with van der Waals surface area (Å²) in [5, 5.41) is 3.13. The van der Waals surface area contributed by atoms with Crippen LogP contribution in [0, 0.1) is 6.92 Å². The van der Waals surface area contributed by atoms with Gasteiger partial charge in [-0.15, -0.1) is 0 Å². The molecule has 0 unspecified atom stereocenters. The Morgan fingerprint density at radius 3 is 2.61 bits per heavy atom. The van der Waals surface area contributed by atoms with Gasteiger partial charge in [0.1, 0.15) is 5.75 Å². The van der Waals surface area contributed by atoms with Crippen LogP contribution in [-0.4, -0.2) is 37.6 Å². The highest BCUT2D eigenvalue weighted by Gasteiger charge is 2.11. The number of rotatable bonds is 5. The Bertz CT molecular complexity index is 416. The molecule has 4 heteroatoms. The number of likely N-dealkylation sites (N-methyl/N-ethyl adjacent to an activating group) is 1. The number of aryl methyl sites for hydroxylation is 1. The number of hydrogen-bond acceptors (Lipinski definition) is 3. The summed E-state index contributed by atoms with van der Waals surface area (Å²) in [5.74, 6) is 0.935. The summed E-state index contributed by atoms with van der Waals surface area (Å²) in [5.41, 5.74) is 1.98. The number of carbonyl (C=O) groups is 1. The third-order valence-electron chi connectivity index (χ3n) is 3.01. The highest BCUT2D eigenvalue weighted by atomic mass is 16.5. The van der Waals surface area contributed by atoms with E-state index in [1.807, 2.05) is 46.0 Å². The molecule has 0 fully saturated rings. The van der Waals surface area contributed by atoms with Gasteiger partial charge in [0.2, 0.25) is 5.91 Å². The van der Waals surface area contributed by atoms with E-state index in [0.29, 0.717) is 6.54 Å². The molecule has 0 spiro atoms. The van der Waals surface area contributed by atoms with E-state index >= 15 is 0 Å². The van der Waals surface area contributed by atoms with Gasteiger partial charge >= 0.3 is 0 Å². The van der Waals surface area contributed by atoms with Gasteiger partial charge in [-0.1, -0.05) is 0 Å². The molecule has 0 heterocycles. The van der Waals surface area contributed by atoms with Crippen LogP contribution in [0.3, 0.4) is 0 Å². The van der Waals surface area contributed by atoms with E-state index in [0.717, 1.165) is 17.0 Å². The van der Waals surface area contributed by atoms with E-state index < -0.39 is 0 Å². The summed E-state index contributed by atoms with van der Waals surface area (Å²) in [7, 11) is 3.46. The molecule has 1 amide bonds. The molecule has 0 saturated heterocycles. The lowest BCUT2D eigenvalue weighted by Gasteiger charge is -2.21. The Morgan fingerprint density at radius 1 is 1.44 bits per heavy atom. The normalized spacial score (nSPS) is 10.3. The van der Waals surface area contributed by atoms with Gasteiger partial charge in [-0.2, -0.15) is 0 Å². The average molecular weight is 250 g/mol. The van der Waals surface area contributed by atoms with Crippen LogP contribution in [0.2, 0.25) is 0 Å². The third kappa shape index (κ3) is 3.65. The smallest absolute Gasteiger partial charge is 0.241 e. The van der Waals surface area contributed by atoms with Crippen molar-refractivity contribution in [2.75, 3.05) is 26.0 Å². The van der Waals surface area contributed by atoms with Crippen molar-refractivity contribution in [2.24, 2.45) is 0 Å². The van der Waals surface area contributed by atoms with Gasteiger partial charge in [0.15, 0.2) is 0 Å². The molecule has 100 valence electrons. The number of methoxy groups -OCH3 is 1. The number of benzene rings is 1. The Morgan fingerprint density at radius 2 is 2.11 bits per heavy atom. The van der Waals surface area contributed by atoms with Crippen LogP contribution in [0.25, 0.3) is 0 Å². The quantitative estimate of drug-likeness (QED) is 0.871. The molecule has 0 atom stereocenters. The first-order chi connectivity index (χ1) is 8.45. The average Bonchev–Trinajstić information content (AvgIpc) is 2.35. The predicted octanol–water partition coefficient (Wildman–Crippen LogP) is 2.28.